The molecular weight excluding hydrogens is 462 g/mol. The fourth-order valence-corrected chi connectivity index (χ4v) is 5.24. The topological polar surface area (TPSA) is 99.7 Å². The lowest BCUT2D eigenvalue weighted by Crippen LogP contribution is -2.33. The zero-order chi connectivity index (χ0) is 25.6. The number of rotatable bonds is 9. The molecule has 8 heteroatoms. The number of nitrogens with one attached hydrogen (secondary N) is 2. The van der Waals surface area contributed by atoms with Gasteiger partial charge in [-0.3, -0.25) is 14.7 Å². The number of hydrogen-bond acceptors (Lipinski definition) is 6. The highest BCUT2D eigenvalue weighted by molar-refractivity contribution is 5.96. The Morgan fingerprint density at radius 2 is 1.95 bits per heavy atom. The van der Waals surface area contributed by atoms with E-state index in [1.807, 2.05) is 32.3 Å². The third-order valence-corrected chi connectivity index (χ3v) is 7.11. The Balaban J connectivity index is 1.32. The quantitative estimate of drug-likeness (QED) is 0.360. The van der Waals surface area contributed by atoms with Gasteiger partial charge < -0.3 is 10.3 Å². The highest BCUT2D eigenvalue weighted by Gasteiger charge is 2.27. The summed E-state index contributed by atoms with van der Waals surface area (Å²) >= 11 is 0. The molecule has 1 atom stereocenters. The van der Waals surface area contributed by atoms with Crippen LogP contribution in [0.5, 0.6) is 0 Å². The first kappa shape index (κ1) is 24.8. The van der Waals surface area contributed by atoms with Gasteiger partial charge in [0.1, 0.15) is 6.33 Å². The number of carbonyl (C=O) groups excluding carboxylic acids is 1. The zero-order valence-electron chi connectivity index (χ0n) is 21.4. The van der Waals surface area contributed by atoms with E-state index in [9.17, 15) is 4.79 Å². The number of hydrogen-bond donors (Lipinski definition) is 2. The molecule has 1 amide bonds. The van der Waals surface area contributed by atoms with Gasteiger partial charge in [0.05, 0.1) is 35.0 Å². The van der Waals surface area contributed by atoms with Crippen molar-refractivity contribution in [1.82, 2.24) is 35.1 Å². The van der Waals surface area contributed by atoms with Gasteiger partial charge in [-0.05, 0) is 55.9 Å². The van der Waals surface area contributed by atoms with Crippen LogP contribution in [0.2, 0.25) is 0 Å². The van der Waals surface area contributed by atoms with Crippen molar-refractivity contribution in [3.8, 4) is 0 Å². The second-order valence-electron chi connectivity index (χ2n) is 9.68. The molecule has 3 aromatic heterocycles. The van der Waals surface area contributed by atoms with E-state index in [0.717, 1.165) is 50.0 Å². The number of amides is 1. The van der Waals surface area contributed by atoms with Gasteiger partial charge in [0.25, 0.3) is 5.91 Å². The Bertz CT molecular complexity index is 1330. The smallest absolute Gasteiger partial charge is 0.255 e. The minimum absolute atomic E-state index is 0.146. The normalized spacial score (nSPS) is 14.9. The maximum absolute atomic E-state index is 12.8. The minimum Gasteiger partial charge on any atom is -0.348 e. The van der Waals surface area contributed by atoms with Gasteiger partial charge in [-0.15, -0.1) is 0 Å². The number of aryl methyl sites for hydroxylation is 3. The second-order valence-corrected chi connectivity index (χ2v) is 9.68. The van der Waals surface area contributed by atoms with Gasteiger partial charge in [-0.2, -0.15) is 0 Å². The predicted octanol–water partition coefficient (Wildman–Crippen LogP) is 4.26. The zero-order valence-corrected chi connectivity index (χ0v) is 21.4. The molecule has 3 heterocycles. The SMILES string of the molecule is Cc1ncnc(C)c1C(=O)NCc1cccc(CN(CCc2cnc[nH]2)C2CCCc3cccnc32)c1. The molecule has 0 spiro atoms. The van der Waals surface area contributed by atoms with Crippen LogP contribution < -0.4 is 5.32 Å². The molecule has 0 bridgehead atoms. The van der Waals surface area contributed by atoms with Crippen molar-refractivity contribution in [3.63, 3.8) is 0 Å². The van der Waals surface area contributed by atoms with Gasteiger partial charge in [0.15, 0.2) is 0 Å². The second kappa shape index (κ2) is 11.4. The fraction of sp³-hybridized carbons (Fsp3) is 0.345. The molecule has 190 valence electrons. The van der Waals surface area contributed by atoms with Crippen molar-refractivity contribution >= 4 is 5.91 Å². The molecular formula is C29H33N7O. The predicted molar refractivity (Wildman–Crippen MR) is 142 cm³/mol. The summed E-state index contributed by atoms with van der Waals surface area (Å²) in [6.07, 6.45) is 11.3. The van der Waals surface area contributed by atoms with Crippen molar-refractivity contribution in [2.75, 3.05) is 6.54 Å². The summed E-state index contributed by atoms with van der Waals surface area (Å²) in [5, 5.41) is 3.04. The van der Waals surface area contributed by atoms with Crippen LogP contribution in [0.25, 0.3) is 0 Å². The van der Waals surface area contributed by atoms with Crippen LogP contribution >= 0.6 is 0 Å². The number of nitrogens with zero attached hydrogens (tertiary/aromatic N) is 5. The molecule has 1 aliphatic rings. The summed E-state index contributed by atoms with van der Waals surface area (Å²) in [6.45, 7) is 5.82. The number of fused-ring (bicyclic) bond motifs is 1. The maximum atomic E-state index is 12.8. The van der Waals surface area contributed by atoms with E-state index in [4.69, 9.17) is 4.98 Å². The summed E-state index contributed by atoms with van der Waals surface area (Å²) in [5.74, 6) is -0.146. The Morgan fingerprint density at radius 3 is 2.76 bits per heavy atom. The van der Waals surface area contributed by atoms with Gasteiger partial charge in [-0.1, -0.05) is 30.3 Å². The highest BCUT2D eigenvalue weighted by atomic mass is 16.1. The number of aromatic amines is 1. The van der Waals surface area contributed by atoms with Crippen LogP contribution in [-0.2, 0) is 25.9 Å². The third-order valence-electron chi connectivity index (χ3n) is 7.11. The van der Waals surface area contributed by atoms with E-state index in [2.05, 4.69) is 60.5 Å². The standard InChI is InChI=1S/C29H33N7O/c1-20-27(21(2)34-19-33-20)29(37)32-15-22-6-3-7-23(14-22)17-36(13-11-25-16-30-18-35-25)26-10-4-8-24-9-5-12-31-28(24)26/h3,5-7,9,12,14,16,18-19,26H,4,8,10-11,13,15,17H2,1-2H3,(H,30,35)(H,32,37). The number of pyridine rings is 1. The minimum atomic E-state index is -0.146. The molecule has 5 rings (SSSR count). The van der Waals surface area contributed by atoms with Gasteiger partial charge in [-0.25, -0.2) is 15.0 Å². The highest BCUT2D eigenvalue weighted by Crippen LogP contribution is 2.34. The molecule has 1 aliphatic carbocycles. The molecule has 0 fully saturated rings. The first-order valence-corrected chi connectivity index (χ1v) is 12.9. The van der Waals surface area contributed by atoms with Gasteiger partial charge >= 0.3 is 0 Å². The van der Waals surface area contributed by atoms with E-state index < -0.39 is 0 Å². The first-order valence-electron chi connectivity index (χ1n) is 12.9. The molecule has 2 N–H and O–H groups in total. The van der Waals surface area contributed by atoms with Crippen molar-refractivity contribution in [2.45, 2.75) is 58.7 Å². The Labute approximate surface area is 217 Å². The molecule has 4 aromatic rings. The summed E-state index contributed by atoms with van der Waals surface area (Å²) < 4.78 is 0. The van der Waals surface area contributed by atoms with Crippen LogP contribution in [0.1, 0.15) is 68.7 Å². The van der Waals surface area contributed by atoms with E-state index in [0.29, 0.717) is 23.5 Å². The lowest BCUT2D eigenvalue weighted by molar-refractivity contribution is 0.0948. The van der Waals surface area contributed by atoms with Gasteiger partial charge in [0.2, 0.25) is 0 Å². The molecule has 0 saturated carbocycles. The molecule has 0 saturated heterocycles. The van der Waals surface area contributed by atoms with Crippen LogP contribution in [0.15, 0.2) is 61.4 Å². The Kier molecular flexibility index (Phi) is 7.65. The van der Waals surface area contributed by atoms with Crippen LogP contribution in [0.3, 0.4) is 0 Å². The Hall–Kier alpha value is -3.91. The summed E-state index contributed by atoms with van der Waals surface area (Å²) in [6, 6.07) is 13.0. The molecule has 1 aromatic carbocycles. The van der Waals surface area contributed by atoms with Crippen LogP contribution in [0, 0.1) is 13.8 Å². The molecule has 37 heavy (non-hydrogen) atoms. The molecule has 0 aliphatic heterocycles. The van der Waals surface area contributed by atoms with E-state index in [1.54, 1.807) is 6.33 Å². The first-order chi connectivity index (χ1) is 18.1. The maximum Gasteiger partial charge on any atom is 0.255 e. The lowest BCUT2D eigenvalue weighted by Gasteiger charge is -2.35. The third kappa shape index (κ3) is 5.91. The van der Waals surface area contributed by atoms with E-state index in [1.165, 1.54) is 23.1 Å². The Morgan fingerprint density at radius 1 is 1.11 bits per heavy atom. The lowest BCUT2D eigenvalue weighted by atomic mass is 9.90. The van der Waals surface area contributed by atoms with Crippen molar-refractivity contribution in [3.05, 3.63) is 106 Å². The number of H-pyrrole nitrogens is 1. The van der Waals surface area contributed by atoms with Crippen molar-refractivity contribution in [1.29, 1.82) is 0 Å². The molecule has 1 unspecified atom stereocenters. The van der Waals surface area contributed by atoms with Crippen LogP contribution in [0.4, 0.5) is 0 Å². The van der Waals surface area contributed by atoms with Crippen LogP contribution in [-0.4, -0.2) is 42.3 Å². The van der Waals surface area contributed by atoms with E-state index in [-0.39, 0.29) is 11.9 Å². The van der Waals surface area contributed by atoms with E-state index >= 15 is 0 Å². The van der Waals surface area contributed by atoms with Gasteiger partial charge in [0, 0.05) is 44.1 Å². The number of imidazole rings is 1. The van der Waals surface area contributed by atoms with Crippen molar-refractivity contribution < 1.29 is 4.79 Å². The number of carbonyl (C=O) groups is 1. The number of benzene rings is 1. The average molecular weight is 496 g/mol. The molecule has 0 radical (unpaired) electrons. The molecule has 8 nitrogen and oxygen atoms in total. The fourth-order valence-electron chi connectivity index (χ4n) is 5.24. The number of aromatic nitrogens is 5. The van der Waals surface area contributed by atoms with Crippen molar-refractivity contribution in [2.24, 2.45) is 0 Å². The largest absolute Gasteiger partial charge is 0.348 e. The monoisotopic (exact) mass is 495 g/mol. The summed E-state index contributed by atoms with van der Waals surface area (Å²) in [4.78, 5) is 35.9. The summed E-state index contributed by atoms with van der Waals surface area (Å²) in [5.41, 5.74) is 7.90. The summed E-state index contributed by atoms with van der Waals surface area (Å²) in [7, 11) is 0. The average Bonchev–Trinajstić information content (AvgIpc) is 3.43.